The minimum Gasteiger partial charge on any atom is -0.489 e. The molecular weight excluding hydrogens is 425 g/mol. The number of hydrogen-bond acceptors (Lipinski definition) is 3. The van der Waals surface area contributed by atoms with E-state index >= 15 is 0 Å². The lowest BCUT2D eigenvalue weighted by Crippen LogP contribution is -2.25. The number of anilines is 1. The minimum absolute atomic E-state index is 0.316. The smallest absolute Gasteiger partial charge is 0.191 e. The fourth-order valence-electron chi connectivity index (χ4n) is 2.48. The van der Waals surface area contributed by atoms with Gasteiger partial charge in [-0.05, 0) is 66.7 Å². The van der Waals surface area contributed by atoms with Crippen LogP contribution in [0.4, 0.5) is 5.69 Å². The maximum Gasteiger partial charge on any atom is 0.191 e. The van der Waals surface area contributed by atoms with Crippen molar-refractivity contribution >= 4 is 51.9 Å². The Labute approximate surface area is 185 Å². The van der Waals surface area contributed by atoms with Crippen LogP contribution in [0.25, 0.3) is 0 Å². The summed E-state index contributed by atoms with van der Waals surface area (Å²) in [5.74, 6) is 0.797. The van der Waals surface area contributed by atoms with Gasteiger partial charge in [-0.1, -0.05) is 59.6 Å². The first kappa shape index (κ1) is 21.1. The monoisotopic (exact) mass is 443 g/mol. The van der Waals surface area contributed by atoms with Crippen molar-refractivity contribution in [3.05, 3.63) is 94.0 Å². The van der Waals surface area contributed by atoms with Crippen LogP contribution < -0.4 is 15.5 Å². The summed E-state index contributed by atoms with van der Waals surface area (Å²) in [6.07, 6.45) is 0. The maximum atomic E-state index is 6.15. The largest absolute Gasteiger partial charge is 0.489 e. The van der Waals surface area contributed by atoms with Crippen molar-refractivity contribution in [1.29, 1.82) is 0 Å². The van der Waals surface area contributed by atoms with Crippen LogP contribution in [0.3, 0.4) is 0 Å². The molecule has 0 fully saturated rings. The van der Waals surface area contributed by atoms with E-state index in [0.29, 0.717) is 27.5 Å². The Morgan fingerprint density at radius 1 is 0.966 bits per heavy atom. The van der Waals surface area contributed by atoms with Gasteiger partial charge in [-0.2, -0.15) is 5.10 Å². The molecule has 0 aromatic heterocycles. The summed E-state index contributed by atoms with van der Waals surface area (Å²) in [6.45, 7) is 2.42. The number of rotatable bonds is 6. The zero-order valence-electron chi connectivity index (χ0n) is 15.7. The van der Waals surface area contributed by atoms with Gasteiger partial charge in [-0.3, -0.25) is 5.43 Å². The van der Waals surface area contributed by atoms with Gasteiger partial charge < -0.3 is 10.1 Å². The van der Waals surface area contributed by atoms with Gasteiger partial charge in [0.1, 0.15) is 12.4 Å². The van der Waals surface area contributed by atoms with E-state index in [9.17, 15) is 0 Å². The van der Waals surface area contributed by atoms with Crippen LogP contribution in [0.1, 0.15) is 18.1 Å². The quantitative estimate of drug-likeness (QED) is 0.267. The lowest BCUT2D eigenvalue weighted by Gasteiger charge is -2.10. The highest BCUT2D eigenvalue weighted by molar-refractivity contribution is 7.80. The molecule has 7 heteroatoms. The molecule has 0 aliphatic heterocycles. The molecule has 0 saturated heterocycles. The number of nitrogens with one attached hydrogen (secondary N) is 2. The second-order valence-electron chi connectivity index (χ2n) is 6.16. The van der Waals surface area contributed by atoms with Crippen molar-refractivity contribution in [2.45, 2.75) is 13.5 Å². The molecule has 0 aliphatic rings. The molecule has 0 spiro atoms. The summed E-state index contributed by atoms with van der Waals surface area (Å²) >= 11 is 17.4. The van der Waals surface area contributed by atoms with Crippen LogP contribution in [0, 0.1) is 0 Å². The van der Waals surface area contributed by atoms with Gasteiger partial charge in [-0.15, -0.1) is 0 Å². The second kappa shape index (κ2) is 10.3. The Balaban J connectivity index is 1.55. The summed E-state index contributed by atoms with van der Waals surface area (Å²) in [5.41, 5.74) is 6.28. The Hall–Kier alpha value is -2.60. The van der Waals surface area contributed by atoms with Gasteiger partial charge >= 0.3 is 0 Å². The van der Waals surface area contributed by atoms with E-state index in [4.69, 9.17) is 40.2 Å². The van der Waals surface area contributed by atoms with Crippen molar-refractivity contribution in [3.63, 3.8) is 0 Å². The summed E-state index contributed by atoms with van der Waals surface area (Å²) in [6, 6.07) is 23.1. The average molecular weight is 444 g/mol. The molecule has 148 valence electrons. The van der Waals surface area contributed by atoms with Crippen LogP contribution in [0.15, 0.2) is 77.9 Å². The Kier molecular flexibility index (Phi) is 7.47. The molecule has 0 unspecified atom stereocenters. The summed E-state index contributed by atoms with van der Waals surface area (Å²) < 4.78 is 5.80. The molecule has 0 radical (unpaired) electrons. The number of ether oxygens (including phenoxy) is 1. The fraction of sp³-hybridized carbons (Fsp3) is 0.0909. The van der Waals surface area contributed by atoms with Crippen molar-refractivity contribution in [1.82, 2.24) is 5.43 Å². The molecule has 4 nitrogen and oxygen atoms in total. The minimum atomic E-state index is 0.316. The predicted octanol–water partition coefficient (Wildman–Crippen LogP) is 6.28. The average Bonchev–Trinajstić information content (AvgIpc) is 2.75. The molecule has 2 N–H and O–H groups in total. The molecule has 3 aromatic rings. The van der Waals surface area contributed by atoms with Crippen LogP contribution in [0.5, 0.6) is 5.75 Å². The molecular formula is C22H19Cl2N3OS. The molecule has 3 aromatic carbocycles. The molecule has 3 rings (SSSR count). The van der Waals surface area contributed by atoms with Gasteiger partial charge in [0.15, 0.2) is 5.11 Å². The predicted molar refractivity (Wildman–Crippen MR) is 125 cm³/mol. The van der Waals surface area contributed by atoms with Crippen LogP contribution >= 0.6 is 35.4 Å². The van der Waals surface area contributed by atoms with Gasteiger partial charge in [0.2, 0.25) is 0 Å². The molecule has 0 saturated carbocycles. The highest BCUT2D eigenvalue weighted by Crippen LogP contribution is 2.29. The van der Waals surface area contributed by atoms with E-state index in [1.165, 1.54) is 0 Å². The van der Waals surface area contributed by atoms with E-state index in [1.54, 1.807) is 18.2 Å². The highest BCUT2D eigenvalue weighted by atomic mass is 35.5. The topological polar surface area (TPSA) is 45.7 Å². The second-order valence-corrected chi connectivity index (χ2v) is 7.36. The van der Waals surface area contributed by atoms with Gasteiger partial charge in [-0.25, -0.2) is 0 Å². The number of nitrogens with zero attached hydrogens (tertiary/aromatic N) is 1. The van der Waals surface area contributed by atoms with Gasteiger partial charge in [0, 0.05) is 0 Å². The Bertz CT molecular complexity index is 1010. The highest BCUT2D eigenvalue weighted by Gasteiger charge is 2.06. The van der Waals surface area contributed by atoms with Gasteiger partial charge in [0.25, 0.3) is 0 Å². The van der Waals surface area contributed by atoms with Crippen molar-refractivity contribution in [2.75, 3.05) is 5.32 Å². The number of halogens is 2. The summed E-state index contributed by atoms with van der Waals surface area (Å²) in [4.78, 5) is 0. The van der Waals surface area contributed by atoms with Crippen LogP contribution in [-0.4, -0.2) is 10.8 Å². The SMILES string of the molecule is C/C(=N\NC(=S)Nc1cccc(Cl)c1Cl)c1ccc(OCc2ccccc2)cc1. The zero-order chi connectivity index (χ0) is 20.6. The molecule has 0 atom stereocenters. The van der Waals surface area contributed by atoms with Crippen molar-refractivity contribution in [2.24, 2.45) is 5.10 Å². The Morgan fingerprint density at radius 3 is 2.41 bits per heavy atom. The molecule has 0 bridgehead atoms. The molecule has 29 heavy (non-hydrogen) atoms. The first-order valence-corrected chi connectivity index (χ1v) is 10.0. The van der Waals surface area contributed by atoms with E-state index in [0.717, 1.165) is 22.6 Å². The molecule has 0 aliphatic carbocycles. The van der Waals surface area contributed by atoms with E-state index in [-0.39, 0.29) is 0 Å². The third-order valence-electron chi connectivity index (χ3n) is 4.05. The van der Waals surface area contributed by atoms with E-state index in [1.807, 2.05) is 61.5 Å². The summed E-state index contributed by atoms with van der Waals surface area (Å²) in [7, 11) is 0. The first-order valence-electron chi connectivity index (χ1n) is 8.85. The standard InChI is InChI=1S/C22H19Cl2N3OS/c1-15(26-27-22(29)25-20-9-5-8-19(23)21(20)24)17-10-12-18(13-11-17)28-14-16-6-3-2-4-7-16/h2-13H,14H2,1H3,(H2,25,27,29)/b26-15+. The number of hydrogen-bond donors (Lipinski definition) is 2. The van der Waals surface area contributed by atoms with E-state index < -0.39 is 0 Å². The molecule has 0 heterocycles. The Morgan fingerprint density at radius 2 is 1.69 bits per heavy atom. The molecule has 0 amide bonds. The summed E-state index contributed by atoms with van der Waals surface area (Å²) in [5, 5.41) is 8.46. The normalized spacial score (nSPS) is 11.1. The van der Waals surface area contributed by atoms with Crippen molar-refractivity contribution < 1.29 is 4.74 Å². The number of hydrazone groups is 1. The van der Waals surface area contributed by atoms with Crippen LogP contribution in [0.2, 0.25) is 10.0 Å². The van der Waals surface area contributed by atoms with Crippen LogP contribution in [-0.2, 0) is 6.61 Å². The maximum absolute atomic E-state index is 6.15. The van der Waals surface area contributed by atoms with Gasteiger partial charge in [0.05, 0.1) is 21.4 Å². The lowest BCUT2D eigenvalue weighted by molar-refractivity contribution is 0.306. The first-order chi connectivity index (χ1) is 14.0. The zero-order valence-corrected chi connectivity index (χ0v) is 18.0. The lowest BCUT2D eigenvalue weighted by atomic mass is 10.1. The third-order valence-corrected chi connectivity index (χ3v) is 5.06. The number of thiocarbonyl (C=S) groups is 1. The van der Waals surface area contributed by atoms with E-state index in [2.05, 4.69) is 15.8 Å². The fourth-order valence-corrected chi connectivity index (χ4v) is 2.99. The number of benzene rings is 3. The third kappa shape index (κ3) is 6.19. The van der Waals surface area contributed by atoms with Crippen molar-refractivity contribution in [3.8, 4) is 5.75 Å².